The molecule has 3 aliphatic heterocycles. The third-order valence-electron chi connectivity index (χ3n) is 8.08. The summed E-state index contributed by atoms with van der Waals surface area (Å²) >= 11 is 0. The van der Waals surface area contributed by atoms with E-state index in [4.69, 9.17) is 4.84 Å². The zero-order chi connectivity index (χ0) is 19.3. The first-order valence-corrected chi connectivity index (χ1v) is 12.2. The quantitative estimate of drug-likeness (QED) is 0.491. The van der Waals surface area contributed by atoms with Gasteiger partial charge in [-0.3, -0.25) is 15.1 Å². The standard InChI is InChI=1S/C22H43N5O/c1-26(2)20-13-12-18(16-23-20)21-24-22(28-25-21)19-11-7-15-27(19)14-6-10-17-8-4-3-5-9-17/h17-25H,3-16H2,1-2H3/p+2/t18?,19-,20?,21?,22?/m1/s1. The van der Waals surface area contributed by atoms with Gasteiger partial charge in [-0.2, -0.15) is 5.48 Å². The van der Waals surface area contributed by atoms with Crippen molar-refractivity contribution in [1.29, 1.82) is 0 Å². The Morgan fingerprint density at radius 2 is 1.89 bits per heavy atom. The van der Waals surface area contributed by atoms with Crippen molar-refractivity contribution in [1.82, 2.24) is 15.7 Å². The summed E-state index contributed by atoms with van der Waals surface area (Å²) in [6.07, 6.45) is 16.7. The summed E-state index contributed by atoms with van der Waals surface area (Å²) in [6.45, 7) is 3.87. The predicted molar refractivity (Wildman–Crippen MR) is 111 cm³/mol. The Kier molecular flexibility index (Phi) is 7.64. The van der Waals surface area contributed by atoms with Crippen molar-refractivity contribution in [3.8, 4) is 0 Å². The van der Waals surface area contributed by atoms with Gasteiger partial charge in [0.15, 0.2) is 6.23 Å². The summed E-state index contributed by atoms with van der Waals surface area (Å²) in [5.74, 6) is 1.69. The molecule has 6 atom stereocenters. The second-order valence-electron chi connectivity index (χ2n) is 10.2. The Morgan fingerprint density at radius 1 is 1.04 bits per heavy atom. The maximum absolute atomic E-state index is 6.10. The van der Waals surface area contributed by atoms with Crippen LogP contribution in [0.25, 0.3) is 0 Å². The lowest BCUT2D eigenvalue weighted by molar-refractivity contribution is -0.916. The van der Waals surface area contributed by atoms with Crippen molar-refractivity contribution < 1.29 is 15.1 Å². The molecule has 162 valence electrons. The molecular weight excluding hydrogens is 350 g/mol. The average molecular weight is 396 g/mol. The molecule has 5 unspecified atom stereocenters. The predicted octanol–water partition coefficient (Wildman–Crippen LogP) is 0.0319. The van der Waals surface area contributed by atoms with Crippen molar-refractivity contribution in [2.24, 2.45) is 11.8 Å². The molecule has 3 saturated heterocycles. The van der Waals surface area contributed by atoms with E-state index in [9.17, 15) is 0 Å². The molecule has 1 aliphatic carbocycles. The van der Waals surface area contributed by atoms with E-state index in [0.29, 0.717) is 24.3 Å². The molecule has 6 nitrogen and oxygen atoms in total. The lowest BCUT2D eigenvalue weighted by atomic mass is 9.86. The van der Waals surface area contributed by atoms with Gasteiger partial charge in [0.05, 0.1) is 25.8 Å². The van der Waals surface area contributed by atoms with Gasteiger partial charge in [-0.25, -0.2) is 0 Å². The maximum atomic E-state index is 6.10. The summed E-state index contributed by atoms with van der Waals surface area (Å²) in [5, 5.41) is 6.33. The lowest BCUT2D eigenvalue weighted by Gasteiger charge is -2.33. The van der Waals surface area contributed by atoms with E-state index < -0.39 is 0 Å². The highest BCUT2D eigenvalue weighted by molar-refractivity contribution is 4.83. The van der Waals surface area contributed by atoms with E-state index in [0.717, 1.165) is 5.92 Å². The second kappa shape index (κ2) is 10.2. The summed E-state index contributed by atoms with van der Waals surface area (Å²) in [6, 6.07) is 0.631. The number of rotatable bonds is 7. The number of hydrogen-bond donors (Lipinski definition) is 4. The fraction of sp³-hybridized carbons (Fsp3) is 1.00. The number of nitrogens with one attached hydrogen (secondary N) is 3. The van der Waals surface area contributed by atoms with E-state index in [2.05, 4.69) is 35.1 Å². The third kappa shape index (κ3) is 5.27. The van der Waals surface area contributed by atoms with Gasteiger partial charge in [-0.1, -0.05) is 32.1 Å². The van der Waals surface area contributed by atoms with Gasteiger partial charge in [0, 0.05) is 25.2 Å². The molecule has 4 aliphatic rings. The molecule has 0 aromatic rings. The number of nitrogens with zero attached hydrogens (tertiary/aromatic N) is 1. The Labute approximate surface area is 172 Å². The van der Waals surface area contributed by atoms with Crippen LogP contribution >= 0.6 is 0 Å². The molecular formula is C22H45N5O+2. The molecule has 0 aromatic carbocycles. The van der Waals surface area contributed by atoms with Gasteiger partial charge in [-0.05, 0) is 39.3 Å². The fourth-order valence-electron chi connectivity index (χ4n) is 6.25. The van der Waals surface area contributed by atoms with E-state index in [1.807, 2.05) is 0 Å². The number of likely N-dealkylation sites (tertiary alicyclic amines) is 1. The second-order valence-corrected chi connectivity index (χ2v) is 10.2. The molecule has 4 rings (SSSR count). The van der Waals surface area contributed by atoms with Crippen LogP contribution in [0.1, 0.15) is 70.6 Å². The van der Waals surface area contributed by atoms with Crippen molar-refractivity contribution in [3.05, 3.63) is 0 Å². The molecule has 0 spiro atoms. The summed E-state index contributed by atoms with van der Waals surface area (Å²) in [7, 11) is 4.39. The van der Waals surface area contributed by atoms with Gasteiger partial charge >= 0.3 is 0 Å². The van der Waals surface area contributed by atoms with Gasteiger partial charge in [0.1, 0.15) is 12.2 Å². The third-order valence-corrected chi connectivity index (χ3v) is 8.08. The fourth-order valence-corrected chi connectivity index (χ4v) is 6.25. The van der Waals surface area contributed by atoms with Crippen LogP contribution in [-0.4, -0.2) is 63.2 Å². The molecule has 3 heterocycles. The first-order chi connectivity index (χ1) is 13.7. The Morgan fingerprint density at radius 3 is 2.64 bits per heavy atom. The molecule has 0 bridgehead atoms. The average Bonchev–Trinajstić information content (AvgIpc) is 3.38. The van der Waals surface area contributed by atoms with Crippen LogP contribution in [0.15, 0.2) is 0 Å². The zero-order valence-corrected chi connectivity index (χ0v) is 18.3. The molecule has 5 N–H and O–H groups in total. The molecule has 0 aromatic heterocycles. The lowest BCUT2D eigenvalue weighted by Crippen LogP contribution is -3.15. The molecule has 28 heavy (non-hydrogen) atoms. The normalized spacial score (nSPS) is 40.4. The maximum Gasteiger partial charge on any atom is 0.183 e. The van der Waals surface area contributed by atoms with Crippen LogP contribution in [0, 0.1) is 11.8 Å². The number of quaternary nitrogens is 2. The Hall–Kier alpha value is -0.240. The summed E-state index contributed by atoms with van der Waals surface area (Å²) < 4.78 is 0. The van der Waals surface area contributed by atoms with E-state index in [1.54, 1.807) is 4.90 Å². The van der Waals surface area contributed by atoms with Gasteiger partial charge in [0.25, 0.3) is 0 Å². The van der Waals surface area contributed by atoms with Crippen LogP contribution in [0.5, 0.6) is 0 Å². The van der Waals surface area contributed by atoms with E-state index in [-0.39, 0.29) is 6.23 Å². The number of nitrogens with two attached hydrogens (primary N) is 1. The largest absolute Gasteiger partial charge is 0.331 e. The summed E-state index contributed by atoms with van der Waals surface area (Å²) in [5.41, 5.74) is 3.37. The van der Waals surface area contributed by atoms with Gasteiger partial charge in [-0.15, -0.1) is 0 Å². The number of hydroxylamine groups is 1. The number of piperidine rings is 1. The SMILES string of the molecule is CN(C)C1CCC(C2NOC([C@H]3CCC[NH+]3CCCC3CCCCC3)N2)C[NH2+]1. The van der Waals surface area contributed by atoms with Crippen LogP contribution in [0.2, 0.25) is 0 Å². The van der Waals surface area contributed by atoms with Crippen molar-refractivity contribution in [2.45, 2.75) is 95.2 Å². The van der Waals surface area contributed by atoms with Crippen molar-refractivity contribution in [3.63, 3.8) is 0 Å². The van der Waals surface area contributed by atoms with E-state index in [1.165, 1.54) is 90.3 Å². The summed E-state index contributed by atoms with van der Waals surface area (Å²) in [4.78, 5) is 10.2. The first kappa shape index (κ1) is 21.0. The Balaban J connectivity index is 1.19. The topological polar surface area (TPSA) is 57.6 Å². The van der Waals surface area contributed by atoms with Crippen LogP contribution in [0.3, 0.4) is 0 Å². The first-order valence-electron chi connectivity index (χ1n) is 12.2. The minimum Gasteiger partial charge on any atom is -0.331 e. The highest BCUT2D eigenvalue weighted by Gasteiger charge is 2.43. The molecule has 0 radical (unpaired) electrons. The van der Waals surface area contributed by atoms with Crippen LogP contribution < -0.4 is 21.0 Å². The van der Waals surface area contributed by atoms with Crippen LogP contribution in [-0.2, 0) is 4.84 Å². The van der Waals surface area contributed by atoms with Crippen molar-refractivity contribution in [2.75, 3.05) is 33.7 Å². The highest BCUT2D eigenvalue weighted by atomic mass is 16.7. The van der Waals surface area contributed by atoms with Gasteiger partial charge < -0.3 is 10.2 Å². The molecule has 4 fully saturated rings. The highest BCUT2D eigenvalue weighted by Crippen LogP contribution is 2.27. The molecule has 0 amide bonds. The zero-order valence-electron chi connectivity index (χ0n) is 18.3. The monoisotopic (exact) mass is 395 g/mol. The Bertz CT molecular complexity index is 462. The number of hydrogen-bond acceptors (Lipinski definition) is 4. The van der Waals surface area contributed by atoms with Gasteiger partial charge in [0.2, 0.25) is 0 Å². The van der Waals surface area contributed by atoms with E-state index >= 15 is 0 Å². The molecule has 1 saturated carbocycles. The smallest absolute Gasteiger partial charge is 0.183 e. The minimum atomic E-state index is 0.198. The molecule has 6 heteroatoms. The van der Waals surface area contributed by atoms with Crippen LogP contribution in [0.4, 0.5) is 0 Å². The van der Waals surface area contributed by atoms with Crippen molar-refractivity contribution >= 4 is 0 Å². The minimum absolute atomic E-state index is 0.198.